The van der Waals surface area contributed by atoms with E-state index in [1.54, 1.807) is 14.2 Å². The summed E-state index contributed by atoms with van der Waals surface area (Å²) >= 11 is 0. The smallest absolute Gasteiger partial charge is 0.220 e. The monoisotopic (exact) mass is 399 g/mol. The molecule has 1 aliphatic heterocycles. The predicted octanol–water partition coefficient (Wildman–Crippen LogP) is 3.67. The lowest BCUT2D eigenvalue weighted by atomic mass is 10.1. The molecular weight excluding hydrogens is 370 g/mol. The first-order valence-corrected chi connectivity index (χ1v) is 9.96. The van der Waals surface area contributed by atoms with Gasteiger partial charge in [-0.2, -0.15) is 0 Å². The second-order valence-corrected chi connectivity index (χ2v) is 7.10. The Morgan fingerprint density at radius 2 is 1.93 bits per heavy atom. The van der Waals surface area contributed by atoms with Gasteiger partial charge in [0.05, 0.1) is 20.8 Å². The number of nitrogens with one attached hydrogen (secondary N) is 1. The van der Waals surface area contributed by atoms with Gasteiger partial charge in [0.25, 0.3) is 0 Å². The minimum Gasteiger partial charge on any atom is -0.494 e. The molecule has 0 saturated carbocycles. The van der Waals surface area contributed by atoms with E-state index in [4.69, 9.17) is 18.9 Å². The lowest BCUT2D eigenvalue weighted by Gasteiger charge is -2.13. The number of fused-ring (bicyclic) bond motifs is 1. The van der Waals surface area contributed by atoms with Crippen LogP contribution in [-0.4, -0.2) is 32.8 Å². The largest absolute Gasteiger partial charge is 0.494 e. The first-order chi connectivity index (χ1) is 14.0. The molecule has 1 N–H and O–H groups in total. The van der Waals surface area contributed by atoms with Crippen LogP contribution < -0.4 is 24.3 Å². The van der Waals surface area contributed by atoms with Crippen LogP contribution in [0.25, 0.3) is 0 Å². The molecule has 0 fully saturated rings. The van der Waals surface area contributed by atoms with Crippen molar-refractivity contribution in [2.45, 2.75) is 45.8 Å². The summed E-state index contributed by atoms with van der Waals surface area (Å²) in [7, 11) is 3.21. The van der Waals surface area contributed by atoms with Crippen molar-refractivity contribution in [2.75, 3.05) is 20.8 Å². The molecule has 29 heavy (non-hydrogen) atoms. The summed E-state index contributed by atoms with van der Waals surface area (Å²) in [5.74, 6) is 3.02. The van der Waals surface area contributed by atoms with Crippen molar-refractivity contribution < 1.29 is 23.7 Å². The molecule has 3 rings (SSSR count). The quantitative estimate of drug-likeness (QED) is 0.697. The minimum atomic E-state index is -0.0166. The SMILES string of the molecule is CCOc1cc2c(cc1CNC(=O)CCc1ccc(OC)c(OC)c1)O[C@@H](C)C2. The molecule has 2 aromatic carbocycles. The zero-order chi connectivity index (χ0) is 20.8. The van der Waals surface area contributed by atoms with Crippen molar-refractivity contribution >= 4 is 5.91 Å². The maximum absolute atomic E-state index is 12.4. The lowest BCUT2D eigenvalue weighted by Crippen LogP contribution is -2.23. The van der Waals surface area contributed by atoms with Crippen molar-refractivity contribution in [3.63, 3.8) is 0 Å². The summed E-state index contributed by atoms with van der Waals surface area (Å²) in [5, 5.41) is 2.99. The average Bonchev–Trinajstić information content (AvgIpc) is 3.09. The summed E-state index contributed by atoms with van der Waals surface area (Å²) in [5.41, 5.74) is 3.11. The van der Waals surface area contributed by atoms with Gasteiger partial charge in [-0.1, -0.05) is 6.07 Å². The van der Waals surface area contributed by atoms with E-state index in [0.717, 1.165) is 34.6 Å². The van der Waals surface area contributed by atoms with E-state index in [1.807, 2.05) is 37.3 Å². The van der Waals surface area contributed by atoms with E-state index in [1.165, 1.54) is 0 Å². The van der Waals surface area contributed by atoms with Crippen LogP contribution in [0, 0.1) is 0 Å². The number of aryl methyl sites for hydroxylation is 1. The van der Waals surface area contributed by atoms with Gasteiger partial charge in [0, 0.05) is 30.5 Å². The third kappa shape index (κ3) is 5.13. The highest BCUT2D eigenvalue weighted by Crippen LogP contribution is 2.35. The summed E-state index contributed by atoms with van der Waals surface area (Å²) in [6.07, 6.45) is 2.06. The van der Waals surface area contributed by atoms with E-state index in [-0.39, 0.29) is 12.0 Å². The van der Waals surface area contributed by atoms with Gasteiger partial charge in [-0.25, -0.2) is 0 Å². The zero-order valence-corrected chi connectivity index (χ0v) is 17.5. The minimum absolute atomic E-state index is 0.0166. The van der Waals surface area contributed by atoms with Crippen LogP contribution in [-0.2, 0) is 24.2 Å². The third-order valence-electron chi connectivity index (χ3n) is 4.94. The Kier molecular flexibility index (Phi) is 6.86. The normalized spacial score (nSPS) is 14.7. The van der Waals surface area contributed by atoms with E-state index in [0.29, 0.717) is 37.5 Å². The van der Waals surface area contributed by atoms with Gasteiger partial charge < -0.3 is 24.3 Å². The van der Waals surface area contributed by atoms with Gasteiger partial charge >= 0.3 is 0 Å². The molecular formula is C23H29NO5. The van der Waals surface area contributed by atoms with E-state index in [9.17, 15) is 4.79 Å². The van der Waals surface area contributed by atoms with E-state index in [2.05, 4.69) is 12.2 Å². The van der Waals surface area contributed by atoms with Crippen molar-refractivity contribution in [3.8, 4) is 23.0 Å². The van der Waals surface area contributed by atoms with Crippen LogP contribution >= 0.6 is 0 Å². The Labute approximate surface area is 172 Å². The zero-order valence-electron chi connectivity index (χ0n) is 17.5. The summed E-state index contributed by atoms with van der Waals surface area (Å²) < 4.78 is 22.2. The van der Waals surface area contributed by atoms with Gasteiger partial charge in [-0.3, -0.25) is 4.79 Å². The van der Waals surface area contributed by atoms with Crippen LogP contribution in [0.4, 0.5) is 0 Å². The summed E-state index contributed by atoms with van der Waals surface area (Å²) in [6.45, 7) is 4.99. The highest BCUT2D eigenvalue weighted by molar-refractivity contribution is 5.76. The topological polar surface area (TPSA) is 66.0 Å². The Balaban J connectivity index is 1.59. The van der Waals surface area contributed by atoms with Crippen LogP contribution in [0.1, 0.15) is 37.0 Å². The van der Waals surface area contributed by atoms with E-state index >= 15 is 0 Å². The molecule has 1 aliphatic rings. The first kappa shape index (κ1) is 20.8. The predicted molar refractivity (Wildman–Crippen MR) is 111 cm³/mol. The number of benzene rings is 2. The van der Waals surface area contributed by atoms with Crippen molar-refractivity contribution in [1.29, 1.82) is 0 Å². The fourth-order valence-corrected chi connectivity index (χ4v) is 3.49. The van der Waals surface area contributed by atoms with Gasteiger partial charge in [0.15, 0.2) is 11.5 Å². The molecule has 0 radical (unpaired) electrons. The standard InChI is InChI=1S/C23H29NO5/c1-5-28-20-12-17-10-15(2)29-21(17)13-18(20)14-24-23(25)9-7-16-6-8-19(26-3)22(11-16)27-4/h6,8,11-13,15H,5,7,9-10,14H2,1-4H3,(H,24,25)/t15-/m0/s1. The second kappa shape index (κ2) is 9.54. The molecule has 6 nitrogen and oxygen atoms in total. The fraction of sp³-hybridized carbons (Fsp3) is 0.435. The number of carbonyl (C=O) groups excluding carboxylic acids is 1. The highest BCUT2D eigenvalue weighted by Gasteiger charge is 2.22. The van der Waals surface area contributed by atoms with Crippen LogP contribution in [0.15, 0.2) is 30.3 Å². The molecule has 1 amide bonds. The molecule has 0 aromatic heterocycles. The molecule has 1 atom stereocenters. The molecule has 0 unspecified atom stereocenters. The number of methoxy groups -OCH3 is 2. The maximum atomic E-state index is 12.4. The van der Waals surface area contributed by atoms with Gasteiger partial charge in [-0.15, -0.1) is 0 Å². The number of hydrogen-bond acceptors (Lipinski definition) is 5. The second-order valence-electron chi connectivity index (χ2n) is 7.10. The van der Waals surface area contributed by atoms with Gasteiger partial charge in [-0.05, 0) is 50.1 Å². The van der Waals surface area contributed by atoms with Crippen molar-refractivity contribution in [2.24, 2.45) is 0 Å². The summed E-state index contributed by atoms with van der Waals surface area (Å²) in [6, 6.07) is 9.72. The summed E-state index contributed by atoms with van der Waals surface area (Å²) in [4.78, 5) is 12.4. The molecule has 2 aromatic rings. The lowest BCUT2D eigenvalue weighted by molar-refractivity contribution is -0.121. The van der Waals surface area contributed by atoms with Crippen molar-refractivity contribution in [1.82, 2.24) is 5.32 Å². The Morgan fingerprint density at radius 3 is 2.66 bits per heavy atom. The maximum Gasteiger partial charge on any atom is 0.220 e. The Bertz CT molecular complexity index is 865. The number of carbonyl (C=O) groups is 1. The molecule has 156 valence electrons. The number of hydrogen-bond donors (Lipinski definition) is 1. The number of rotatable bonds is 9. The first-order valence-electron chi connectivity index (χ1n) is 9.96. The average molecular weight is 399 g/mol. The molecule has 6 heteroatoms. The van der Waals surface area contributed by atoms with Crippen molar-refractivity contribution in [3.05, 3.63) is 47.0 Å². The third-order valence-corrected chi connectivity index (χ3v) is 4.94. The molecule has 0 spiro atoms. The molecule has 0 saturated heterocycles. The molecule has 0 aliphatic carbocycles. The van der Waals surface area contributed by atoms with Crippen LogP contribution in [0.5, 0.6) is 23.0 Å². The molecule has 0 bridgehead atoms. The van der Waals surface area contributed by atoms with Crippen LogP contribution in [0.3, 0.4) is 0 Å². The Hall–Kier alpha value is -2.89. The van der Waals surface area contributed by atoms with Gasteiger partial charge in [0.1, 0.15) is 17.6 Å². The van der Waals surface area contributed by atoms with E-state index < -0.39 is 0 Å². The molecule has 1 heterocycles. The van der Waals surface area contributed by atoms with Crippen LogP contribution in [0.2, 0.25) is 0 Å². The Morgan fingerprint density at radius 1 is 1.14 bits per heavy atom. The highest BCUT2D eigenvalue weighted by atomic mass is 16.5. The number of amides is 1. The van der Waals surface area contributed by atoms with Gasteiger partial charge in [0.2, 0.25) is 5.91 Å². The fourth-order valence-electron chi connectivity index (χ4n) is 3.49. The number of ether oxygens (including phenoxy) is 4.